The monoisotopic (exact) mass is 126 g/mol. The number of carbonyl (C=O) groups excluding carboxylic acids is 1. The van der Waals surface area contributed by atoms with E-state index in [-0.39, 0.29) is 5.91 Å². The van der Waals surface area contributed by atoms with E-state index < -0.39 is 0 Å². The van der Waals surface area contributed by atoms with E-state index in [2.05, 4.69) is 5.32 Å². The lowest BCUT2D eigenvalue weighted by atomic mass is 10.3. The summed E-state index contributed by atoms with van der Waals surface area (Å²) < 4.78 is 0. The number of hydrogen-bond donors (Lipinski definition) is 1. The Kier molecular flexibility index (Phi) is 1.42. The van der Waals surface area contributed by atoms with E-state index in [1.165, 1.54) is 0 Å². The highest BCUT2D eigenvalue weighted by molar-refractivity contribution is 5.93. The fourth-order valence-electron chi connectivity index (χ4n) is 0.771. The highest BCUT2D eigenvalue weighted by atomic mass is 16.1. The van der Waals surface area contributed by atoms with E-state index >= 15 is 0 Å². The van der Waals surface area contributed by atoms with Crippen molar-refractivity contribution in [2.45, 2.75) is 6.92 Å². The minimum absolute atomic E-state index is 0.0353. The highest BCUT2D eigenvalue weighted by Crippen LogP contribution is 1.99. The zero-order chi connectivity index (χ0) is 6.85. The molecule has 1 heterocycles. The Bertz CT molecular complexity index is 162. The van der Waals surface area contributed by atoms with Crippen LogP contribution in [0.2, 0.25) is 0 Å². The summed E-state index contributed by atoms with van der Waals surface area (Å²) in [6.45, 7) is 2.42. The van der Waals surface area contributed by atoms with Crippen LogP contribution in [0.15, 0.2) is 11.8 Å². The van der Waals surface area contributed by atoms with Gasteiger partial charge in [0.1, 0.15) is 0 Å². The van der Waals surface area contributed by atoms with Crippen LogP contribution in [0.25, 0.3) is 0 Å². The van der Waals surface area contributed by atoms with E-state index in [9.17, 15) is 4.79 Å². The van der Waals surface area contributed by atoms with Gasteiger partial charge in [-0.2, -0.15) is 0 Å². The average Bonchev–Trinajstić information content (AvgIpc) is 1.80. The maximum absolute atomic E-state index is 10.7. The molecule has 0 aliphatic carbocycles. The summed E-state index contributed by atoms with van der Waals surface area (Å²) in [4.78, 5) is 12.7. The molecule has 1 aliphatic heterocycles. The van der Waals surface area contributed by atoms with Crippen molar-refractivity contribution in [1.82, 2.24) is 10.2 Å². The summed E-state index contributed by atoms with van der Waals surface area (Å²) in [5, 5.41) is 2.70. The van der Waals surface area contributed by atoms with Crippen LogP contribution in [0.4, 0.5) is 0 Å². The van der Waals surface area contributed by atoms with Crippen LogP contribution >= 0.6 is 0 Å². The molecule has 0 radical (unpaired) electrons. The molecule has 0 atom stereocenters. The molecule has 1 rings (SSSR count). The first-order chi connectivity index (χ1) is 4.20. The molecule has 3 heteroatoms. The summed E-state index contributed by atoms with van der Waals surface area (Å²) >= 11 is 0. The van der Waals surface area contributed by atoms with Gasteiger partial charge in [0.25, 0.3) is 0 Å². The Hall–Kier alpha value is -0.990. The molecular weight excluding hydrogens is 116 g/mol. The van der Waals surface area contributed by atoms with Crippen molar-refractivity contribution in [3.8, 4) is 0 Å². The summed E-state index contributed by atoms with van der Waals surface area (Å²) in [6, 6.07) is 0. The average molecular weight is 126 g/mol. The third-order valence-corrected chi connectivity index (χ3v) is 1.26. The summed E-state index contributed by atoms with van der Waals surface area (Å²) in [5.74, 6) is 0.0353. The smallest absolute Gasteiger partial charge is 0.249 e. The predicted molar refractivity (Wildman–Crippen MR) is 34.5 cm³/mol. The van der Waals surface area contributed by atoms with Gasteiger partial charge < -0.3 is 10.2 Å². The van der Waals surface area contributed by atoms with Crippen molar-refractivity contribution >= 4 is 5.91 Å². The lowest BCUT2D eigenvalue weighted by Gasteiger charge is -2.20. The van der Waals surface area contributed by atoms with Crippen LogP contribution < -0.4 is 5.32 Å². The zero-order valence-corrected chi connectivity index (χ0v) is 5.64. The number of nitrogens with zero attached hydrogens (tertiary/aromatic N) is 1. The fraction of sp³-hybridized carbons (Fsp3) is 0.500. The quantitative estimate of drug-likeness (QED) is 0.492. The predicted octanol–water partition coefficient (Wildman–Crippen LogP) is -0.0907. The van der Waals surface area contributed by atoms with Gasteiger partial charge in [-0.1, -0.05) is 0 Å². The van der Waals surface area contributed by atoms with Crippen molar-refractivity contribution in [2.24, 2.45) is 0 Å². The molecule has 0 unspecified atom stereocenters. The molecule has 0 aromatic heterocycles. The number of carbonyl (C=O) groups is 1. The van der Waals surface area contributed by atoms with E-state index in [1.807, 2.05) is 18.1 Å². The minimum Gasteiger partial charge on any atom is -0.363 e. The number of nitrogens with one attached hydrogen (secondary N) is 1. The molecule has 0 spiro atoms. The lowest BCUT2D eigenvalue weighted by Crippen LogP contribution is -2.37. The standard InChI is InChI=1S/C6H10N2O/c1-5-3-8(2)4-7-6(5)9/h3H,4H2,1-2H3,(H,7,9). The Morgan fingerprint density at radius 3 is 2.89 bits per heavy atom. The van der Waals surface area contributed by atoms with Gasteiger partial charge in [-0.3, -0.25) is 4.79 Å². The molecule has 0 aromatic carbocycles. The molecule has 1 amide bonds. The molecule has 1 N–H and O–H groups in total. The van der Waals surface area contributed by atoms with Crippen molar-refractivity contribution < 1.29 is 4.79 Å². The maximum Gasteiger partial charge on any atom is 0.249 e. The molecule has 9 heavy (non-hydrogen) atoms. The first-order valence-electron chi connectivity index (χ1n) is 2.87. The van der Waals surface area contributed by atoms with Gasteiger partial charge in [0.2, 0.25) is 5.91 Å². The molecule has 50 valence electrons. The Morgan fingerprint density at radius 2 is 2.44 bits per heavy atom. The van der Waals surface area contributed by atoms with Crippen LogP contribution in [0.5, 0.6) is 0 Å². The van der Waals surface area contributed by atoms with Crippen LogP contribution in [0, 0.1) is 0 Å². The van der Waals surface area contributed by atoms with Gasteiger partial charge in [0.15, 0.2) is 0 Å². The van der Waals surface area contributed by atoms with Crippen LogP contribution in [-0.4, -0.2) is 24.5 Å². The van der Waals surface area contributed by atoms with E-state index in [4.69, 9.17) is 0 Å². The zero-order valence-electron chi connectivity index (χ0n) is 5.64. The molecular formula is C6H10N2O. The number of hydrogen-bond acceptors (Lipinski definition) is 2. The molecule has 0 fully saturated rings. The first kappa shape index (κ1) is 6.13. The maximum atomic E-state index is 10.7. The number of rotatable bonds is 0. The first-order valence-corrected chi connectivity index (χ1v) is 2.87. The fourth-order valence-corrected chi connectivity index (χ4v) is 0.771. The molecule has 3 nitrogen and oxygen atoms in total. The second-order valence-electron chi connectivity index (χ2n) is 2.23. The molecule has 0 aromatic rings. The van der Waals surface area contributed by atoms with Crippen LogP contribution in [0.3, 0.4) is 0 Å². The Balaban J connectivity index is 2.72. The SMILES string of the molecule is CC1=CN(C)CNC1=O. The van der Waals surface area contributed by atoms with Gasteiger partial charge in [-0.15, -0.1) is 0 Å². The second-order valence-corrected chi connectivity index (χ2v) is 2.23. The molecule has 0 saturated heterocycles. The third-order valence-electron chi connectivity index (χ3n) is 1.26. The highest BCUT2D eigenvalue weighted by Gasteiger charge is 2.09. The van der Waals surface area contributed by atoms with Crippen molar-refractivity contribution in [1.29, 1.82) is 0 Å². The van der Waals surface area contributed by atoms with Gasteiger partial charge in [0, 0.05) is 18.8 Å². The van der Waals surface area contributed by atoms with Gasteiger partial charge in [0.05, 0.1) is 6.67 Å². The summed E-state index contributed by atoms with van der Waals surface area (Å²) in [6.07, 6.45) is 1.83. The van der Waals surface area contributed by atoms with Crippen molar-refractivity contribution in [2.75, 3.05) is 13.7 Å². The normalized spacial score (nSPS) is 19.1. The van der Waals surface area contributed by atoms with Gasteiger partial charge in [-0.25, -0.2) is 0 Å². The van der Waals surface area contributed by atoms with Crippen molar-refractivity contribution in [3.63, 3.8) is 0 Å². The second kappa shape index (κ2) is 2.09. The van der Waals surface area contributed by atoms with Gasteiger partial charge >= 0.3 is 0 Å². The molecule has 1 aliphatic rings. The number of amides is 1. The molecule has 0 bridgehead atoms. The third kappa shape index (κ3) is 1.22. The van der Waals surface area contributed by atoms with Crippen molar-refractivity contribution in [3.05, 3.63) is 11.8 Å². The Morgan fingerprint density at radius 1 is 1.78 bits per heavy atom. The largest absolute Gasteiger partial charge is 0.363 e. The van der Waals surface area contributed by atoms with Gasteiger partial charge in [-0.05, 0) is 6.92 Å². The van der Waals surface area contributed by atoms with E-state index in [0.29, 0.717) is 6.67 Å². The van der Waals surface area contributed by atoms with E-state index in [1.54, 1.807) is 6.92 Å². The molecule has 0 saturated carbocycles. The lowest BCUT2D eigenvalue weighted by molar-refractivity contribution is -0.118. The topological polar surface area (TPSA) is 32.3 Å². The van der Waals surface area contributed by atoms with Crippen LogP contribution in [0.1, 0.15) is 6.92 Å². The Labute approximate surface area is 54.3 Å². The van der Waals surface area contributed by atoms with E-state index in [0.717, 1.165) is 5.57 Å². The minimum atomic E-state index is 0.0353. The summed E-state index contributed by atoms with van der Waals surface area (Å²) in [5.41, 5.74) is 0.767. The van der Waals surface area contributed by atoms with Crippen LogP contribution in [-0.2, 0) is 4.79 Å². The summed E-state index contributed by atoms with van der Waals surface area (Å²) in [7, 11) is 1.92.